The summed E-state index contributed by atoms with van der Waals surface area (Å²) in [5, 5.41) is 5.27. The zero-order valence-corrected chi connectivity index (χ0v) is 11.4. The van der Waals surface area contributed by atoms with Crippen molar-refractivity contribution >= 4 is 40.6 Å². The lowest BCUT2D eigenvalue weighted by Crippen LogP contribution is -2.07. The number of anilines is 1. The number of amides is 1. The minimum atomic E-state index is -0.184. The van der Waals surface area contributed by atoms with Crippen LogP contribution in [0.3, 0.4) is 0 Å². The van der Waals surface area contributed by atoms with Crippen molar-refractivity contribution in [1.82, 2.24) is 0 Å². The molecular formula is C14H12ClNOS. The molecule has 0 atom stereocenters. The molecule has 1 amide bonds. The van der Waals surface area contributed by atoms with Gasteiger partial charge in [-0.3, -0.25) is 4.79 Å². The molecule has 2 aromatic rings. The lowest BCUT2D eigenvalue weighted by molar-refractivity contribution is -0.111. The first-order valence-electron chi connectivity index (χ1n) is 5.44. The molecule has 92 valence electrons. The van der Waals surface area contributed by atoms with Crippen LogP contribution in [0.5, 0.6) is 0 Å². The van der Waals surface area contributed by atoms with Crippen LogP contribution in [0.15, 0.2) is 41.8 Å². The first-order valence-corrected chi connectivity index (χ1v) is 6.70. The first-order chi connectivity index (χ1) is 8.66. The van der Waals surface area contributed by atoms with Crippen molar-refractivity contribution < 1.29 is 4.79 Å². The quantitative estimate of drug-likeness (QED) is 0.830. The molecule has 2 nitrogen and oxygen atoms in total. The summed E-state index contributed by atoms with van der Waals surface area (Å²) in [6, 6.07) is 9.18. The molecule has 1 heterocycles. The van der Waals surface area contributed by atoms with Crippen molar-refractivity contribution in [3.05, 3.63) is 57.3 Å². The van der Waals surface area contributed by atoms with Crippen LogP contribution in [-0.4, -0.2) is 5.91 Å². The zero-order chi connectivity index (χ0) is 13.0. The van der Waals surface area contributed by atoms with Crippen LogP contribution in [0.2, 0.25) is 5.02 Å². The van der Waals surface area contributed by atoms with Crippen molar-refractivity contribution in [2.45, 2.75) is 6.92 Å². The molecule has 18 heavy (non-hydrogen) atoms. The second kappa shape index (κ2) is 5.85. The lowest BCUT2D eigenvalue weighted by atomic mass is 10.2. The van der Waals surface area contributed by atoms with Gasteiger partial charge < -0.3 is 5.32 Å². The van der Waals surface area contributed by atoms with E-state index in [0.29, 0.717) is 10.7 Å². The molecule has 0 saturated carbocycles. The maximum atomic E-state index is 11.7. The number of thiophene rings is 1. The van der Waals surface area contributed by atoms with Gasteiger partial charge in [-0.1, -0.05) is 23.7 Å². The van der Waals surface area contributed by atoms with Gasteiger partial charge in [0.15, 0.2) is 0 Å². The van der Waals surface area contributed by atoms with Gasteiger partial charge in [0.1, 0.15) is 0 Å². The minimum Gasteiger partial charge on any atom is -0.321 e. The average molecular weight is 278 g/mol. The van der Waals surface area contributed by atoms with Gasteiger partial charge in [-0.2, -0.15) is 0 Å². The van der Waals surface area contributed by atoms with Gasteiger partial charge in [0.25, 0.3) is 0 Å². The molecule has 0 aliphatic heterocycles. The fourth-order valence-corrected chi connectivity index (χ4v) is 2.45. The number of hydrogen-bond acceptors (Lipinski definition) is 2. The molecule has 0 radical (unpaired) electrons. The van der Waals surface area contributed by atoms with E-state index in [9.17, 15) is 4.79 Å². The molecule has 0 spiro atoms. The number of carbonyl (C=O) groups is 1. The Bertz CT molecular complexity index is 589. The molecular weight excluding hydrogens is 266 g/mol. The number of benzene rings is 1. The fourth-order valence-electron chi connectivity index (χ4n) is 1.44. The lowest BCUT2D eigenvalue weighted by Gasteiger charge is -2.03. The normalized spacial score (nSPS) is 10.8. The fraction of sp³-hybridized carbons (Fsp3) is 0.0714. The summed E-state index contributed by atoms with van der Waals surface area (Å²) in [7, 11) is 0. The van der Waals surface area contributed by atoms with Gasteiger partial charge in [-0.15, -0.1) is 11.3 Å². The molecule has 1 N–H and O–H groups in total. The monoisotopic (exact) mass is 277 g/mol. The van der Waals surface area contributed by atoms with Gasteiger partial charge in [0.2, 0.25) is 5.91 Å². The second-order valence-corrected chi connectivity index (χ2v) is 5.13. The average Bonchev–Trinajstić information content (AvgIpc) is 2.75. The Kier molecular flexibility index (Phi) is 4.18. The molecule has 4 heteroatoms. The highest BCUT2D eigenvalue weighted by molar-refractivity contribution is 7.11. The first kappa shape index (κ1) is 12.9. The van der Waals surface area contributed by atoms with Gasteiger partial charge in [-0.25, -0.2) is 0 Å². The summed E-state index contributed by atoms with van der Waals surface area (Å²) in [6.07, 6.45) is 3.33. The number of carbonyl (C=O) groups excluding carboxylic acids is 1. The maximum Gasteiger partial charge on any atom is 0.248 e. The van der Waals surface area contributed by atoms with E-state index in [1.54, 1.807) is 23.5 Å². The largest absolute Gasteiger partial charge is 0.321 e. The Balaban J connectivity index is 2.04. The minimum absolute atomic E-state index is 0.184. The summed E-state index contributed by atoms with van der Waals surface area (Å²) in [4.78, 5) is 12.8. The van der Waals surface area contributed by atoms with Crippen LogP contribution in [0.25, 0.3) is 6.08 Å². The number of halogens is 1. The number of hydrogen-bond donors (Lipinski definition) is 1. The van der Waals surface area contributed by atoms with Crippen molar-refractivity contribution in [2.75, 3.05) is 5.32 Å². The summed E-state index contributed by atoms with van der Waals surface area (Å²) in [5.41, 5.74) is 1.79. The highest BCUT2D eigenvalue weighted by atomic mass is 35.5. The van der Waals surface area contributed by atoms with Crippen LogP contribution < -0.4 is 5.32 Å². The smallest absolute Gasteiger partial charge is 0.248 e. The number of rotatable bonds is 3. The van der Waals surface area contributed by atoms with Gasteiger partial charge in [0.05, 0.1) is 10.7 Å². The molecule has 0 fully saturated rings. The predicted octanol–water partition coefficient (Wildman–Crippen LogP) is 4.36. The highest BCUT2D eigenvalue weighted by Crippen LogP contribution is 2.21. The van der Waals surface area contributed by atoms with E-state index >= 15 is 0 Å². The summed E-state index contributed by atoms with van der Waals surface area (Å²) >= 11 is 7.56. The molecule has 0 unspecified atom stereocenters. The third kappa shape index (κ3) is 3.22. The van der Waals surface area contributed by atoms with E-state index in [1.807, 2.05) is 36.6 Å². The molecule has 1 aromatic heterocycles. The van der Waals surface area contributed by atoms with Crippen molar-refractivity contribution in [3.8, 4) is 0 Å². The van der Waals surface area contributed by atoms with E-state index in [-0.39, 0.29) is 5.91 Å². The van der Waals surface area contributed by atoms with Gasteiger partial charge in [-0.05, 0) is 42.1 Å². The number of nitrogens with one attached hydrogen (secondary N) is 1. The second-order valence-electron chi connectivity index (χ2n) is 3.77. The third-order valence-electron chi connectivity index (χ3n) is 2.42. The predicted molar refractivity (Wildman–Crippen MR) is 78.2 cm³/mol. The number of aryl methyl sites for hydroxylation is 1. The Morgan fingerprint density at radius 1 is 1.33 bits per heavy atom. The van der Waals surface area contributed by atoms with Crippen LogP contribution in [0, 0.1) is 6.92 Å². The van der Waals surface area contributed by atoms with Gasteiger partial charge >= 0.3 is 0 Å². The molecule has 0 saturated heterocycles. The van der Waals surface area contributed by atoms with Crippen LogP contribution in [0.1, 0.15) is 10.4 Å². The summed E-state index contributed by atoms with van der Waals surface area (Å²) in [6.45, 7) is 2.02. The van der Waals surface area contributed by atoms with Crippen LogP contribution in [0.4, 0.5) is 5.69 Å². The molecule has 0 aliphatic rings. The van der Waals surface area contributed by atoms with E-state index < -0.39 is 0 Å². The summed E-state index contributed by atoms with van der Waals surface area (Å²) in [5.74, 6) is -0.184. The van der Waals surface area contributed by atoms with Crippen LogP contribution in [-0.2, 0) is 4.79 Å². The Labute approximate surface area is 115 Å². The Morgan fingerprint density at radius 2 is 2.11 bits per heavy atom. The van der Waals surface area contributed by atoms with Crippen molar-refractivity contribution in [1.29, 1.82) is 0 Å². The van der Waals surface area contributed by atoms with E-state index in [1.165, 1.54) is 11.6 Å². The van der Waals surface area contributed by atoms with Gasteiger partial charge in [0, 0.05) is 11.0 Å². The summed E-state index contributed by atoms with van der Waals surface area (Å²) < 4.78 is 0. The topological polar surface area (TPSA) is 29.1 Å². The van der Waals surface area contributed by atoms with E-state index in [4.69, 9.17) is 11.6 Å². The highest BCUT2D eigenvalue weighted by Gasteiger charge is 2.02. The third-order valence-corrected chi connectivity index (χ3v) is 3.73. The molecule has 0 aliphatic carbocycles. The van der Waals surface area contributed by atoms with Crippen molar-refractivity contribution in [2.24, 2.45) is 0 Å². The standard InChI is InChI=1S/C14H12ClNOS/c1-10-8-9-18-13(10)6-7-14(17)16-12-5-3-2-4-11(12)15/h2-9H,1H3,(H,16,17)/b7-6+. The number of para-hydroxylation sites is 1. The molecule has 0 bridgehead atoms. The van der Waals surface area contributed by atoms with Crippen LogP contribution >= 0.6 is 22.9 Å². The maximum absolute atomic E-state index is 11.7. The SMILES string of the molecule is Cc1ccsc1/C=C/C(=O)Nc1ccccc1Cl. The Morgan fingerprint density at radius 3 is 2.78 bits per heavy atom. The Hall–Kier alpha value is -1.58. The van der Waals surface area contributed by atoms with Crippen molar-refractivity contribution in [3.63, 3.8) is 0 Å². The molecule has 1 aromatic carbocycles. The van der Waals surface area contributed by atoms with E-state index in [2.05, 4.69) is 5.32 Å². The van der Waals surface area contributed by atoms with E-state index in [0.717, 1.165) is 4.88 Å². The molecule has 2 rings (SSSR count). The zero-order valence-electron chi connectivity index (χ0n) is 9.81.